The number of thioether (sulfide) groups is 1. The number of hydrogen-bond acceptors (Lipinski definition) is 5. The van der Waals surface area contributed by atoms with Gasteiger partial charge in [0, 0.05) is 17.7 Å². The van der Waals surface area contributed by atoms with Crippen LogP contribution in [-0.4, -0.2) is 29.8 Å². The third-order valence-electron chi connectivity index (χ3n) is 3.48. The topological polar surface area (TPSA) is 72.8 Å². The molecule has 0 fully saturated rings. The molecule has 1 unspecified atom stereocenters. The van der Waals surface area contributed by atoms with Gasteiger partial charge in [-0.1, -0.05) is 38.1 Å². The third-order valence-corrected chi connectivity index (χ3v) is 6.17. The molecule has 0 spiro atoms. The minimum atomic E-state index is -5.07. The zero-order valence-corrected chi connectivity index (χ0v) is 17.5. The number of esters is 1. The summed E-state index contributed by atoms with van der Waals surface area (Å²) in [5, 5.41) is 0. The van der Waals surface area contributed by atoms with Crippen LogP contribution in [0.3, 0.4) is 0 Å². The van der Waals surface area contributed by atoms with Gasteiger partial charge in [0.25, 0.3) is 0 Å². The van der Waals surface area contributed by atoms with Crippen molar-refractivity contribution < 1.29 is 32.3 Å². The first-order chi connectivity index (χ1) is 12.6. The van der Waals surface area contributed by atoms with Crippen molar-refractivity contribution in [3.63, 3.8) is 0 Å². The van der Waals surface area contributed by atoms with E-state index in [4.69, 9.17) is 4.74 Å². The molecule has 0 aliphatic carbocycles. The summed E-state index contributed by atoms with van der Waals surface area (Å²) in [7, 11) is -5.07. The van der Waals surface area contributed by atoms with Crippen LogP contribution in [0, 0.1) is 5.92 Å². The second kappa shape index (κ2) is 11.1. The van der Waals surface area contributed by atoms with Crippen LogP contribution >= 0.6 is 19.4 Å². The Morgan fingerprint density at radius 3 is 2.48 bits per heavy atom. The van der Waals surface area contributed by atoms with Crippen LogP contribution in [0.25, 0.3) is 0 Å². The van der Waals surface area contributed by atoms with Crippen molar-refractivity contribution >= 4 is 25.3 Å². The molecule has 1 rings (SSSR count). The Kier molecular flexibility index (Phi) is 9.95. The van der Waals surface area contributed by atoms with E-state index in [0.717, 1.165) is 23.4 Å². The molecule has 0 radical (unpaired) electrons. The second-order valence-electron chi connectivity index (χ2n) is 6.41. The van der Waals surface area contributed by atoms with Gasteiger partial charge in [-0.05, 0) is 30.6 Å². The van der Waals surface area contributed by atoms with Gasteiger partial charge < -0.3 is 14.2 Å². The van der Waals surface area contributed by atoms with E-state index in [0.29, 0.717) is 31.1 Å². The van der Waals surface area contributed by atoms with Gasteiger partial charge in [0.2, 0.25) is 0 Å². The monoisotopic (exact) mass is 424 g/mol. The molecule has 0 aromatic heterocycles. The highest BCUT2D eigenvalue weighted by Gasteiger charge is 2.52. The number of alkyl halides is 2. The van der Waals surface area contributed by atoms with E-state index in [1.165, 1.54) is 19.1 Å². The maximum atomic E-state index is 14.1. The molecule has 0 heterocycles. The number of carbonyl (C=O) groups excluding carboxylic acids is 1. The summed E-state index contributed by atoms with van der Waals surface area (Å²) in [5.41, 5.74) is -3.69. The lowest BCUT2D eigenvalue weighted by Crippen LogP contribution is -2.15. The molecule has 0 aliphatic rings. The van der Waals surface area contributed by atoms with Crippen LogP contribution < -0.4 is 0 Å². The lowest BCUT2D eigenvalue weighted by atomic mass is 10.1. The fourth-order valence-electron chi connectivity index (χ4n) is 2.06. The van der Waals surface area contributed by atoms with E-state index in [9.17, 15) is 23.0 Å². The smallest absolute Gasteiger partial charge is 0.401 e. The van der Waals surface area contributed by atoms with Gasteiger partial charge >= 0.3 is 19.2 Å². The van der Waals surface area contributed by atoms with E-state index < -0.39 is 18.8 Å². The van der Waals surface area contributed by atoms with Crippen LogP contribution in [0.15, 0.2) is 24.3 Å². The molecular formula is C18H27F2O5PS. The maximum Gasteiger partial charge on any atom is 0.401 e. The Hall–Kier alpha value is -0.950. The van der Waals surface area contributed by atoms with Crippen LogP contribution in [0.1, 0.15) is 44.7 Å². The lowest BCUT2D eigenvalue weighted by Gasteiger charge is -2.22. The molecule has 27 heavy (non-hydrogen) atoms. The molecule has 1 atom stereocenters. The summed E-state index contributed by atoms with van der Waals surface area (Å²) in [5.74, 6) is 1.44. The number of ether oxygens (including phenoxy) is 1. The van der Waals surface area contributed by atoms with E-state index in [2.05, 4.69) is 4.52 Å². The standard InChI is InChI=1S/C18H27F2O5PS/c1-4-25-26(22,23)18(19,20)16-9-7-15(8-10-16)13-27-11-5-6-17(21)24-12-14(2)3/h7-10,14H,4-6,11-13H2,1-3H3,(H,22,23). The summed E-state index contributed by atoms with van der Waals surface area (Å²) in [6.07, 6.45) is 1.04. The van der Waals surface area contributed by atoms with Crippen molar-refractivity contribution in [2.24, 2.45) is 5.92 Å². The Labute approximate surface area is 163 Å². The zero-order valence-electron chi connectivity index (χ0n) is 15.8. The zero-order chi connectivity index (χ0) is 20.5. The summed E-state index contributed by atoms with van der Waals surface area (Å²) >= 11 is 1.58. The Bertz CT molecular complexity index is 637. The molecule has 0 aliphatic heterocycles. The first kappa shape index (κ1) is 24.1. The van der Waals surface area contributed by atoms with Gasteiger partial charge in [-0.15, -0.1) is 0 Å². The van der Waals surface area contributed by atoms with Crippen LogP contribution in [-0.2, 0) is 30.0 Å². The van der Waals surface area contributed by atoms with Crippen LogP contribution in [0.5, 0.6) is 0 Å². The van der Waals surface area contributed by atoms with Crippen LogP contribution in [0.2, 0.25) is 0 Å². The van der Waals surface area contributed by atoms with Gasteiger partial charge in [0.15, 0.2) is 0 Å². The highest BCUT2D eigenvalue weighted by molar-refractivity contribution is 7.98. The van der Waals surface area contributed by atoms with Gasteiger partial charge in [-0.25, -0.2) is 0 Å². The number of rotatable bonds is 12. The van der Waals surface area contributed by atoms with Crippen molar-refractivity contribution in [3.8, 4) is 0 Å². The second-order valence-corrected chi connectivity index (χ2v) is 9.38. The molecule has 0 amide bonds. The molecule has 1 N–H and O–H groups in total. The fourth-order valence-corrected chi connectivity index (χ4v) is 3.97. The molecule has 1 aromatic carbocycles. The van der Waals surface area contributed by atoms with Crippen molar-refractivity contribution in [1.82, 2.24) is 0 Å². The van der Waals surface area contributed by atoms with Gasteiger partial charge in [0.05, 0.1) is 13.2 Å². The SMILES string of the molecule is CCOP(=O)(O)C(F)(F)c1ccc(CSCCCC(=O)OCC(C)C)cc1. The highest BCUT2D eigenvalue weighted by atomic mass is 32.2. The summed E-state index contributed by atoms with van der Waals surface area (Å²) in [6.45, 7) is 5.47. The number of halogens is 2. The highest BCUT2D eigenvalue weighted by Crippen LogP contribution is 2.62. The Morgan fingerprint density at radius 2 is 1.93 bits per heavy atom. The largest absolute Gasteiger partial charge is 0.465 e. The maximum absolute atomic E-state index is 14.1. The minimum Gasteiger partial charge on any atom is -0.465 e. The molecule has 0 saturated carbocycles. The van der Waals surface area contributed by atoms with Crippen LogP contribution in [0.4, 0.5) is 8.78 Å². The molecule has 1 aromatic rings. The van der Waals surface area contributed by atoms with Crippen molar-refractivity contribution in [3.05, 3.63) is 35.4 Å². The van der Waals surface area contributed by atoms with Crippen molar-refractivity contribution in [2.75, 3.05) is 19.0 Å². The molecule has 0 saturated heterocycles. The van der Waals surface area contributed by atoms with Crippen molar-refractivity contribution in [2.45, 2.75) is 45.0 Å². The molecule has 0 bridgehead atoms. The summed E-state index contributed by atoms with van der Waals surface area (Å²) in [4.78, 5) is 20.9. The fraction of sp³-hybridized carbons (Fsp3) is 0.611. The van der Waals surface area contributed by atoms with E-state index in [-0.39, 0.29) is 12.6 Å². The first-order valence-corrected chi connectivity index (χ1v) is 11.5. The van der Waals surface area contributed by atoms with Gasteiger partial charge in [-0.3, -0.25) is 9.36 Å². The van der Waals surface area contributed by atoms with E-state index in [1.807, 2.05) is 13.8 Å². The average molecular weight is 424 g/mol. The van der Waals surface area contributed by atoms with Crippen molar-refractivity contribution in [1.29, 1.82) is 0 Å². The predicted molar refractivity (Wildman–Crippen MR) is 103 cm³/mol. The number of carbonyl (C=O) groups is 1. The van der Waals surface area contributed by atoms with E-state index >= 15 is 0 Å². The normalized spacial score (nSPS) is 14.2. The quantitative estimate of drug-likeness (QED) is 0.284. The first-order valence-electron chi connectivity index (χ1n) is 8.78. The Balaban J connectivity index is 2.43. The molecule has 5 nitrogen and oxygen atoms in total. The predicted octanol–water partition coefficient (Wildman–Crippen LogP) is 5.17. The van der Waals surface area contributed by atoms with E-state index in [1.54, 1.807) is 11.8 Å². The average Bonchev–Trinajstić information content (AvgIpc) is 2.60. The molecule has 9 heteroatoms. The third kappa shape index (κ3) is 7.90. The number of hydrogen-bond donors (Lipinski definition) is 1. The van der Waals surface area contributed by atoms with Gasteiger partial charge in [0.1, 0.15) is 0 Å². The van der Waals surface area contributed by atoms with Gasteiger partial charge in [-0.2, -0.15) is 20.5 Å². The lowest BCUT2D eigenvalue weighted by molar-refractivity contribution is -0.144. The Morgan fingerprint density at radius 1 is 1.30 bits per heavy atom. The molecule has 154 valence electrons. The number of benzene rings is 1. The molecular weight excluding hydrogens is 397 g/mol. The summed E-state index contributed by atoms with van der Waals surface area (Å²) < 4.78 is 49.3. The summed E-state index contributed by atoms with van der Waals surface area (Å²) in [6, 6.07) is 5.28. The minimum absolute atomic E-state index is 0.210.